The molecule has 0 aliphatic carbocycles. The summed E-state index contributed by atoms with van der Waals surface area (Å²) in [5, 5.41) is 0. The van der Waals surface area contributed by atoms with Crippen LogP contribution in [-0.4, -0.2) is 29.3 Å². The number of rotatable bonds is 1. The Bertz CT molecular complexity index is 674. The number of sulfone groups is 1. The summed E-state index contributed by atoms with van der Waals surface area (Å²) >= 11 is 0. The monoisotopic (exact) mass is 264 g/mol. The molecular weight excluding hydrogens is 248 g/mol. The Morgan fingerprint density at radius 1 is 1.33 bits per heavy atom. The molecule has 0 N–H and O–H groups in total. The number of fused-ring (bicyclic) bond motifs is 1. The summed E-state index contributed by atoms with van der Waals surface area (Å²) in [5.74, 6) is 0.878. The predicted octanol–water partition coefficient (Wildman–Crippen LogP) is 1.93. The first-order chi connectivity index (χ1) is 8.53. The van der Waals surface area contributed by atoms with Crippen molar-refractivity contribution in [3.05, 3.63) is 35.8 Å². The van der Waals surface area contributed by atoms with Gasteiger partial charge in [-0.15, -0.1) is 0 Å². The predicted molar refractivity (Wildman–Crippen MR) is 70.6 cm³/mol. The third kappa shape index (κ3) is 2.14. The third-order valence-electron chi connectivity index (χ3n) is 3.61. The van der Waals surface area contributed by atoms with Gasteiger partial charge in [0.2, 0.25) is 0 Å². The summed E-state index contributed by atoms with van der Waals surface area (Å²) in [6, 6.07) is 4.09. The zero-order valence-electron chi connectivity index (χ0n) is 10.3. The number of aromatic nitrogens is 2. The summed E-state index contributed by atoms with van der Waals surface area (Å²) in [4.78, 5) is 4.61. The number of hydrogen-bond acceptors (Lipinski definition) is 3. The molecule has 1 aliphatic heterocycles. The molecule has 0 unspecified atom stereocenters. The minimum atomic E-state index is -2.80. The maximum atomic E-state index is 11.4. The fourth-order valence-electron chi connectivity index (χ4n) is 2.49. The second-order valence-electron chi connectivity index (χ2n) is 5.06. The van der Waals surface area contributed by atoms with Gasteiger partial charge in [-0.1, -0.05) is 0 Å². The Labute approximate surface area is 107 Å². The minimum Gasteiger partial charge on any atom is -0.307 e. The summed E-state index contributed by atoms with van der Waals surface area (Å²) in [7, 11) is -2.80. The highest BCUT2D eigenvalue weighted by Gasteiger charge is 2.26. The summed E-state index contributed by atoms with van der Waals surface area (Å²) in [6.45, 7) is 2.04. The van der Waals surface area contributed by atoms with Crippen LogP contribution in [0, 0.1) is 6.92 Å². The fourth-order valence-corrected chi connectivity index (χ4v) is 3.98. The summed E-state index contributed by atoms with van der Waals surface area (Å²) < 4.78 is 24.8. The lowest BCUT2D eigenvalue weighted by Crippen LogP contribution is -2.22. The first kappa shape index (κ1) is 11.7. The van der Waals surface area contributed by atoms with Gasteiger partial charge in [0.25, 0.3) is 0 Å². The van der Waals surface area contributed by atoms with E-state index in [9.17, 15) is 8.42 Å². The van der Waals surface area contributed by atoms with Gasteiger partial charge in [0, 0.05) is 18.3 Å². The number of nitrogens with zero attached hydrogens (tertiary/aromatic N) is 2. The zero-order chi connectivity index (χ0) is 12.8. The number of hydrogen-bond donors (Lipinski definition) is 0. The molecule has 4 nitrogen and oxygen atoms in total. The molecule has 18 heavy (non-hydrogen) atoms. The van der Waals surface area contributed by atoms with Crippen LogP contribution in [0.3, 0.4) is 0 Å². The number of imidazole rings is 1. The van der Waals surface area contributed by atoms with Gasteiger partial charge in [-0.25, -0.2) is 13.4 Å². The number of pyridine rings is 1. The molecule has 1 fully saturated rings. The molecule has 2 aromatic rings. The lowest BCUT2D eigenvalue weighted by molar-refractivity contribution is 0.546. The van der Waals surface area contributed by atoms with Gasteiger partial charge in [0.1, 0.15) is 15.5 Å². The fraction of sp³-hybridized carbons (Fsp3) is 0.462. The van der Waals surface area contributed by atoms with Crippen LogP contribution in [0.5, 0.6) is 0 Å². The van der Waals surface area contributed by atoms with Crippen molar-refractivity contribution in [1.82, 2.24) is 9.38 Å². The van der Waals surface area contributed by atoms with E-state index in [4.69, 9.17) is 0 Å². The van der Waals surface area contributed by atoms with E-state index in [0.717, 1.165) is 11.3 Å². The van der Waals surface area contributed by atoms with Crippen LogP contribution in [0.4, 0.5) is 0 Å². The Hall–Kier alpha value is -1.36. The van der Waals surface area contributed by atoms with Crippen molar-refractivity contribution in [3.63, 3.8) is 0 Å². The van der Waals surface area contributed by atoms with E-state index in [0.29, 0.717) is 24.3 Å². The molecule has 0 aromatic carbocycles. The van der Waals surface area contributed by atoms with Gasteiger partial charge < -0.3 is 4.40 Å². The van der Waals surface area contributed by atoms with Crippen molar-refractivity contribution >= 4 is 15.5 Å². The van der Waals surface area contributed by atoms with Crippen LogP contribution < -0.4 is 0 Å². The van der Waals surface area contributed by atoms with Crippen LogP contribution in [0.2, 0.25) is 0 Å². The SMILES string of the molecule is Cc1ccn2cc(C3CCS(=O)(=O)CC3)nc2c1. The average molecular weight is 264 g/mol. The van der Waals surface area contributed by atoms with Crippen molar-refractivity contribution in [2.45, 2.75) is 25.7 Å². The molecule has 3 rings (SSSR count). The molecule has 0 amide bonds. The molecule has 0 saturated carbocycles. The largest absolute Gasteiger partial charge is 0.307 e. The highest BCUT2D eigenvalue weighted by atomic mass is 32.2. The van der Waals surface area contributed by atoms with Crippen molar-refractivity contribution in [2.75, 3.05) is 11.5 Å². The first-order valence-electron chi connectivity index (χ1n) is 6.19. The van der Waals surface area contributed by atoms with E-state index < -0.39 is 9.84 Å². The molecule has 0 atom stereocenters. The van der Waals surface area contributed by atoms with Crippen LogP contribution in [0.15, 0.2) is 24.5 Å². The third-order valence-corrected chi connectivity index (χ3v) is 5.32. The normalized spacial score (nSPS) is 20.3. The smallest absolute Gasteiger partial charge is 0.150 e. The molecule has 1 saturated heterocycles. The Morgan fingerprint density at radius 3 is 2.78 bits per heavy atom. The van der Waals surface area contributed by atoms with Crippen molar-refractivity contribution in [2.24, 2.45) is 0 Å². The lowest BCUT2D eigenvalue weighted by atomic mass is 10.00. The molecular formula is C13H16N2O2S. The van der Waals surface area contributed by atoms with Gasteiger partial charge in [-0.3, -0.25) is 0 Å². The molecule has 5 heteroatoms. The standard InChI is InChI=1S/C13H16N2O2S/c1-10-2-5-15-9-12(14-13(15)8-10)11-3-6-18(16,17)7-4-11/h2,5,8-9,11H,3-4,6-7H2,1H3. The van der Waals surface area contributed by atoms with Crippen LogP contribution in [-0.2, 0) is 9.84 Å². The average Bonchev–Trinajstić information content (AvgIpc) is 2.71. The van der Waals surface area contributed by atoms with Crippen LogP contribution >= 0.6 is 0 Å². The van der Waals surface area contributed by atoms with E-state index in [1.54, 1.807) is 0 Å². The van der Waals surface area contributed by atoms with Gasteiger partial charge in [0.05, 0.1) is 17.2 Å². The van der Waals surface area contributed by atoms with E-state index in [2.05, 4.69) is 4.98 Å². The Kier molecular flexibility index (Phi) is 2.66. The first-order valence-corrected chi connectivity index (χ1v) is 8.01. The maximum absolute atomic E-state index is 11.4. The molecule has 3 heterocycles. The topological polar surface area (TPSA) is 51.4 Å². The van der Waals surface area contributed by atoms with E-state index in [-0.39, 0.29) is 5.92 Å². The molecule has 0 radical (unpaired) electrons. The Balaban J connectivity index is 1.91. The number of aryl methyl sites for hydroxylation is 1. The van der Waals surface area contributed by atoms with Crippen molar-refractivity contribution in [1.29, 1.82) is 0 Å². The van der Waals surface area contributed by atoms with Gasteiger partial charge >= 0.3 is 0 Å². The Morgan fingerprint density at radius 2 is 2.06 bits per heavy atom. The molecule has 0 bridgehead atoms. The minimum absolute atomic E-state index is 0.286. The van der Waals surface area contributed by atoms with Crippen molar-refractivity contribution in [3.8, 4) is 0 Å². The second kappa shape index (κ2) is 4.09. The molecule has 1 aliphatic rings. The van der Waals surface area contributed by atoms with Crippen molar-refractivity contribution < 1.29 is 8.42 Å². The second-order valence-corrected chi connectivity index (χ2v) is 7.37. The van der Waals surface area contributed by atoms with Gasteiger partial charge in [-0.05, 0) is 37.5 Å². The molecule has 0 spiro atoms. The van der Waals surface area contributed by atoms with E-state index >= 15 is 0 Å². The van der Waals surface area contributed by atoms with Crippen LogP contribution in [0.1, 0.15) is 30.0 Å². The highest BCUT2D eigenvalue weighted by molar-refractivity contribution is 7.91. The summed E-state index contributed by atoms with van der Waals surface area (Å²) in [5.41, 5.74) is 3.15. The summed E-state index contributed by atoms with van der Waals surface area (Å²) in [6.07, 6.45) is 5.43. The van der Waals surface area contributed by atoms with Crippen LogP contribution in [0.25, 0.3) is 5.65 Å². The maximum Gasteiger partial charge on any atom is 0.150 e. The van der Waals surface area contributed by atoms with E-state index in [1.807, 2.05) is 35.9 Å². The quantitative estimate of drug-likeness (QED) is 0.791. The van der Waals surface area contributed by atoms with Gasteiger partial charge in [-0.2, -0.15) is 0 Å². The lowest BCUT2D eigenvalue weighted by Gasteiger charge is -2.19. The molecule has 96 valence electrons. The van der Waals surface area contributed by atoms with Gasteiger partial charge in [0.15, 0.2) is 0 Å². The highest BCUT2D eigenvalue weighted by Crippen LogP contribution is 2.28. The van der Waals surface area contributed by atoms with E-state index in [1.165, 1.54) is 5.56 Å². The molecule has 2 aromatic heterocycles. The zero-order valence-corrected chi connectivity index (χ0v) is 11.2.